The molecule has 1 saturated carbocycles. The van der Waals surface area contributed by atoms with Crippen molar-refractivity contribution in [3.05, 3.63) is 0 Å². The van der Waals surface area contributed by atoms with Gasteiger partial charge in [-0.1, -0.05) is 20.3 Å². The molecule has 0 radical (unpaired) electrons. The standard InChI is InChI=1S/C16H30N2O3/c1-3-13(6-9-15(19)20)10-11-17-16(21)18-14-7-4-12(2)5-8-14/h12-14H,3-11H2,1-2H3,(H,19,20)(H2,17,18,21). The molecule has 1 unspecified atom stereocenters. The molecule has 1 aliphatic rings. The van der Waals surface area contributed by atoms with Crippen LogP contribution in [0.25, 0.3) is 0 Å². The average Bonchev–Trinajstić information content (AvgIpc) is 2.45. The van der Waals surface area contributed by atoms with E-state index >= 15 is 0 Å². The van der Waals surface area contributed by atoms with Crippen LogP contribution in [-0.2, 0) is 4.79 Å². The van der Waals surface area contributed by atoms with E-state index in [1.54, 1.807) is 0 Å². The van der Waals surface area contributed by atoms with Gasteiger partial charge in [0, 0.05) is 19.0 Å². The van der Waals surface area contributed by atoms with Crippen LogP contribution < -0.4 is 10.6 Å². The van der Waals surface area contributed by atoms with Gasteiger partial charge in [0.25, 0.3) is 0 Å². The first kappa shape index (κ1) is 17.8. The average molecular weight is 298 g/mol. The van der Waals surface area contributed by atoms with Crippen molar-refractivity contribution in [2.45, 2.75) is 71.3 Å². The first-order chi connectivity index (χ1) is 10.0. The summed E-state index contributed by atoms with van der Waals surface area (Å²) < 4.78 is 0. The van der Waals surface area contributed by atoms with Crippen LogP contribution in [0.1, 0.15) is 65.2 Å². The summed E-state index contributed by atoms with van der Waals surface area (Å²) in [6, 6.07) is 0.234. The SMILES string of the molecule is CCC(CCNC(=O)NC1CCC(C)CC1)CCC(=O)O. The smallest absolute Gasteiger partial charge is 0.315 e. The third-order valence-corrected chi connectivity index (χ3v) is 4.53. The largest absolute Gasteiger partial charge is 0.481 e. The molecule has 1 rings (SSSR count). The number of rotatable bonds is 8. The summed E-state index contributed by atoms with van der Waals surface area (Å²) in [5.41, 5.74) is 0. The van der Waals surface area contributed by atoms with E-state index in [-0.39, 0.29) is 12.5 Å². The zero-order chi connectivity index (χ0) is 15.7. The van der Waals surface area contributed by atoms with Crippen molar-refractivity contribution in [1.29, 1.82) is 0 Å². The fourth-order valence-corrected chi connectivity index (χ4v) is 2.91. The second-order valence-electron chi connectivity index (χ2n) is 6.35. The lowest BCUT2D eigenvalue weighted by Crippen LogP contribution is -2.44. The van der Waals surface area contributed by atoms with Crippen LogP contribution in [0, 0.1) is 11.8 Å². The van der Waals surface area contributed by atoms with Gasteiger partial charge in [-0.2, -0.15) is 0 Å². The third-order valence-electron chi connectivity index (χ3n) is 4.53. The summed E-state index contributed by atoms with van der Waals surface area (Å²) in [5, 5.41) is 14.6. The maximum Gasteiger partial charge on any atom is 0.315 e. The van der Waals surface area contributed by atoms with E-state index in [1.807, 2.05) is 0 Å². The van der Waals surface area contributed by atoms with E-state index < -0.39 is 5.97 Å². The molecule has 3 N–H and O–H groups in total. The van der Waals surface area contributed by atoms with Crippen molar-refractivity contribution in [3.8, 4) is 0 Å². The van der Waals surface area contributed by atoms with Crippen molar-refractivity contribution in [2.24, 2.45) is 11.8 Å². The van der Waals surface area contributed by atoms with E-state index in [0.29, 0.717) is 24.9 Å². The minimum Gasteiger partial charge on any atom is -0.481 e. The van der Waals surface area contributed by atoms with Gasteiger partial charge in [0.2, 0.25) is 0 Å². The molecule has 1 aliphatic carbocycles. The van der Waals surface area contributed by atoms with Gasteiger partial charge in [-0.15, -0.1) is 0 Å². The van der Waals surface area contributed by atoms with E-state index in [9.17, 15) is 9.59 Å². The number of hydrogen-bond acceptors (Lipinski definition) is 2. The summed E-state index contributed by atoms with van der Waals surface area (Å²) in [6.45, 7) is 4.95. The van der Waals surface area contributed by atoms with Crippen molar-refractivity contribution in [3.63, 3.8) is 0 Å². The first-order valence-electron chi connectivity index (χ1n) is 8.27. The Morgan fingerprint density at radius 3 is 2.43 bits per heavy atom. The van der Waals surface area contributed by atoms with Gasteiger partial charge in [0.15, 0.2) is 0 Å². The van der Waals surface area contributed by atoms with E-state index in [4.69, 9.17) is 5.11 Å². The maximum absolute atomic E-state index is 11.8. The number of amides is 2. The molecule has 0 aromatic heterocycles. The number of carboxylic acid groups (broad SMARTS) is 1. The maximum atomic E-state index is 11.8. The van der Waals surface area contributed by atoms with E-state index in [2.05, 4.69) is 24.5 Å². The molecule has 122 valence electrons. The number of carbonyl (C=O) groups is 2. The molecule has 0 spiro atoms. The Balaban J connectivity index is 2.13. The van der Waals surface area contributed by atoms with Crippen LogP contribution in [0.15, 0.2) is 0 Å². The van der Waals surface area contributed by atoms with Crippen LogP contribution in [0.3, 0.4) is 0 Å². The Hall–Kier alpha value is -1.26. The second-order valence-corrected chi connectivity index (χ2v) is 6.35. The highest BCUT2D eigenvalue weighted by atomic mass is 16.4. The zero-order valence-electron chi connectivity index (χ0n) is 13.4. The molecule has 0 aromatic rings. The van der Waals surface area contributed by atoms with Crippen LogP contribution in [-0.4, -0.2) is 29.7 Å². The van der Waals surface area contributed by atoms with Gasteiger partial charge in [-0.25, -0.2) is 4.79 Å². The fourth-order valence-electron chi connectivity index (χ4n) is 2.91. The predicted molar refractivity (Wildman–Crippen MR) is 83.2 cm³/mol. The van der Waals surface area contributed by atoms with Crippen LogP contribution in [0.5, 0.6) is 0 Å². The fraction of sp³-hybridized carbons (Fsp3) is 0.875. The molecule has 5 nitrogen and oxygen atoms in total. The predicted octanol–water partition coefficient (Wildman–Crippen LogP) is 3.15. The lowest BCUT2D eigenvalue weighted by Gasteiger charge is -2.27. The van der Waals surface area contributed by atoms with Crippen molar-refractivity contribution in [1.82, 2.24) is 10.6 Å². The molecule has 0 heterocycles. The van der Waals surface area contributed by atoms with Crippen molar-refractivity contribution < 1.29 is 14.7 Å². The topological polar surface area (TPSA) is 78.4 Å². The minimum atomic E-state index is -0.745. The van der Waals surface area contributed by atoms with Gasteiger partial charge in [0.1, 0.15) is 0 Å². The second kappa shape index (κ2) is 9.64. The summed E-state index contributed by atoms with van der Waals surface area (Å²) in [6.07, 6.45) is 7.24. The van der Waals surface area contributed by atoms with Gasteiger partial charge < -0.3 is 15.7 Å². The molecule has 5 heteroatoms. The third kappa shape index (κ3) is 7.93. The number of aliphatic carboxylic acids is 1. The lowest BCUT2D eigenvalue weighted by atomic mass is 9.87. The molecular weight excluding hydrogens is 268 g/mol. The highest BCUT2D eigenvalue weighted by molar-refractivity contribution is 5.74. The quantitative estimate of drug-likeness (QED) is 0.644. The summed E-state index contributed by atoms with van der Waals surface area (Å²) >= 11 is 0. The monoisotopic (exact) mass is 298 g/mol. The molecule has 0 bridgehead atoms. The van der Waals surface area contributed by atoms with Gasteiger partial charge in [-0.05, 0) is 50.4 Å². The van der Waals surface area contributed by atoms with Gasteiger partial charge in [-0.3, -0.25) is 4.79 Å². The number of hydrogen-bond donors (Lipinski definition) is 3. The van der Waals surface area contributed by atoms with Crippen molar-refractivity contribution in [2.75, 3.05) is 6.54 Å². The van der Waals surface area contributed by atoms with E-state index in [1.165, 1.54) is 12.8 Å². The number of urea groups is 1. The lowest BCUT2D eigenvalue weighted by molar-refractivity contribution is -0.137. The molecule has 2 amide bonds. The summed E-state index contributed by atoms with van der Waals surface area (Å²) in [7, 11) is 0. The Bertz CT molecular complexity index is 325. The number of carboxylic acids is 1. The van der Waals surface area contributed by atoms with E-state index in [0.717, 1.165) is 31.6 Å². The molecule has 0 aliphatic heterocycles. The Labute approximate surface area is 127 Å². The van der Waals surface area contributed by atoms with Gasteiger partial charge in [0.05, 0.1) is 0 Å². The molecule has 0 saturated heterocycles. The molecular formula is C16H30N2O3. The van der Waals surface area contributed by atoms with Crippen LogP contribution >= 0.6 is 0 Å². The highest BCUT2D eigenvalue weighted by Crippen LogP contribution is 2.23. The highest BCUT2D eigenvalue weighted by Gasteiger charge is 2.19. The Kier molecular flexibility index (Phi) is 8.16. The number of carbonyl (C=O) groups excluding carboxylic acids is 1. The molecule has 21 heavy (non-hydrogen) atoms. The first-order valence-corrected chi connectivity index (χ1v) is 8.27. The normalized spacial score (nSPS) is 23.3. The molecule has 1 atom stereocenters. The minimum absolute atomic E-state index is 0.0809. The van der Waals surface area contributed by atoms with Crippen LogP contribution in [0.4, 0.5) is 4.79 Å². The molecule has 0 aromatic carbocycles. The summed E-state index contributed by atoms with van der Waals surface area (Å²) in [5.74, 6) is 0.410. The zero-order valence-corrected chi connectivity index (χ0v) is 13.4. The number of nitrogens with one attached hydrogen (secondary N) is 2. The molecule has 1 fully saturated rings. The summed E-state index contributed by atoms with van der Waals surface area (Å²) in [4.78, 5) is 22.4. The Morgan fingerprint density at radius 1 is 1.19 bits per heavy atom. The van der Waals surface area contributed by atoms with Gasteiger partial charge >= 0.3 is 12.0 Å². The van der Waals surface area contributed by atoms with Crippen molar-refractivity contribution >= 4 is 12.0 Å². The Morgan fingerprint density at radius 2 is 1.86 bits per heavy atom. The van der Waals surface area contributed by atoms with Crippen LogP contribution in [0.2, 0.25) is 0 Å².